The van der Waals surface area contributed by atoms with Gasteiger partial charge in [-0.2, -0.15) is 0 Å². The van der Waals surface area contributed by atoms with Crippen LogP contribution in [-0.4, -0.2) is 41.5 Å². The van der Waals surface area contributed by atoms with E-state index in [0.717, 1.165) is 0 Å². The Morgan fingerprint density at radius 2 is 1.43 bits per heavy atom. The predicted octanol–water partition coefficient (Wildman–Crippen LogP) is -0.135. The van der Waals surface area contributed by atoms with Crippen molar-refractivity contribution >= 4 is 18.1 Å². The minimum atomic E-state index is -1.26. The smallest absolute Gasteiger partial charge is 0.478 e. The molecule has 7 nitrogen and oxygen atoms in total. The molecular formula is C7H8O7. The Balaban J connectivity index is 0.000000249. The fourth-order valence-corrected chi connectivity index (χ4v) is 0.434. The Hall–Kier alpha value is -2.05. The Labute approximate surface area is 78.5 Å². The first-order chi connectivity index (χ1) is 6.52. The summed E-state index contributed by atoms with van der Waals surface area (Å²) in [6, 6.07) is 0. The van der Waals surface area contributed by atoms with Gasteiger partial charge >= 0.3 is 18.1 Å². The Bertz CT molecular complexity index is 231. The van der Waals surface area contributed by atoms with Crippen LogP contribution >= 0.6 is 0 Å². The van der Waals surface area contributed by atoms with E-state index in [9.17, 15) is 14.4 Å². The van der Waals surface area contributed by atoms with E-state index < -0.39 is 18.1 Å². The van der Waals surface area contributed by atoms with Crippen LogP contribution in [0.4, 0.5) is 4.79 Å². The molecule has 1 aliphatic heterocycles. The van der Waals surface area contributed by atoms with Gasteiger partial charge in [-0.05, 0) is 0 Å². The molecule has 0 aromatic heterocycles. The second kappa shape index (κ2) is 6.46. The Morgan fingerprint density at radius 1 is 1.07 bits per heavy atom. The van der Waals surface area contributed by atoms with E-state index in [2.05, 4.69) is 9.47 Å². The standard InChI is InChI=1S/C4H4O4.C3H4O3/c5-3(6)1-2-4(7)8;4-3-5-1-2-6-3/h1-2H,(H,5,6)(H,7,8);1-2H2/b2-1-;. The number of carbonyl (C=O) groups excluding carboxylic acids is 1. The van der Waals surface area contributed by atoms with Crippen LogP contribution in [0.3, 0.4) is 0 Å². The maximum absolute atomic E-state index is 9.80. The number of cyclic esters (lactones) is 2. The third-order valence-corrected chi connectivity index (χ3v) is 0.892. The Morgan fingerprint density at radius 3 is 1.57 bits per heavy atom. The summed E-state index contributed by atoms with van der Waals surface area (Å²) in [4.78, 5) is 28.9. The van der Waals surface area contributed by atoms with E-state index in [1.165, 1.54) is 0 Å². The first-order valence-electron chi connectivity index (χ1n) is 3.46. The molecule has 0 aliphatic carbocycles. The fourth-order valence-electron chi connectivity index (χ4n) is 0.434. The summed E-state index contributed by atoms with van der Waals surface area (Å²) < 4.78 is 8.58. The van der Waals surface area contributed by atoms with Gasteiger partial charge in [-0.15, -0.1) is 0 Å². The Kier molecular flexibility index (Phi) is 5.52. The first kappa shape index (κ1) is 11.9. The molecule has 0 unspecified atom stereocenters. The topological polar surface area (TPSA) is 110 Å². The van der Waals surface area contributed by atoms with Gasteiger partial charge in [0.1, 0.15) is 13.2 Å². The van der Waals surface area contributed by atoms with E-state index in [4.69, 9.17) is 10.2 Å². The zero-order valence-electron chi connectivity index (χ0n) is 7.00. The van der Waals surface area contributed by atoms with Gasteiger partial charge in [0.2, 0.25) is 0 Å². The first-order valence-corrected chi connectivity index (χ1v) is 3.46. The zero-order valence-corrected chi connectivity index (χ0v) is 7.00. The summed E-state index contributed by atoms with van der Waals surface area (Å²) in [7, 11) is 0. The number of ether oxygens (including phenoxy) is 2. The van der Waals surface area contributed by atoms with Crippen molar-refractivity contribution in [3.8, 4) is 0 Å². The number of carboxylic acid groups (broad SMARTS) is 2. The third kappa shape index (κ3) is 8.05. The highest BCUT2D eigenvalue weighted by atomic mass is 16.8. The highest BCUT2D eigenvalue weighted by molar-refractivity contribution is 5.89. The highest BCUT2D eigenvalue weighted by Gasteiger charge is 2.09. The molecule has 1 rings (SSSR count). The normalized spacial score (nSPS) is 13.9. The molecule has 7 heteroatoms. The highest BCUT2D eigenvalue weighted by Crippen LogP contribution is 1.92. The summed E-state index contributed by atoms with van der Waals surface area (Å²) in [6.45, 7) is 0.831. The lowest BCUT2D eigenvalue weighted by Gasteiger charge is -1.78. The second-order valence-electron chi connectivity index (χ2n) is 1.96. The minimum Gasteiger partial charge on any atom is -0.478 e. The lowest BCUT2D eigenvalue weighted by atomic mass is 10.5. The van der Waals surface area contributed by atoms with Gasteiger partial charge in [0.15, 0.2) is 0 Å². The minimum absolute atomic E-state index is 0.416. The maximum atomic E-state index is 9.80. The lowest BCUT2D eigenvalue weighted by Crippen LogP contribution is -1.91. The van der Waals surface area contributed by atoms with Crippen LogP contribution in [0.25, 0.3) is 0 Å². The van der Waals surface area contributed by atoms with Crippen molar-refractivity contribution in [2.45, 2.75) is 0 Å². The number of carboxylic acids is 2. The van der Waals surface area contributed by atoms with Crippen molar-refractivity contribution in [3.63, 3.8) is 0 Å². The molecule has 1 aliphatic rings. The SMILES string of the molecule is O=C(O)/C=C\C(=O)O.O=C1OCCO1. The van der Waals surface area contributed by atoms with E-state index in [0.29, 0.717) is 25.4 Å². The fraction of sp³-hybridized carbons (Fsp3) is 0.286. The summed E-state index contributed by atoms with van der Waals surface area (Å²) in [5.74, 6) is -2.51. The van der Waals surface area contributed by atoms with Gasteiger partial charge in [-0.25, -0.2) is 14.4 Å². The quantitative estimate of drug-likeness (QED) is 0.475. The van der Waals surface area contributed by atoms with Gasteiger partial charge in [-0.3, -0.25) is 0 Å². The van der Waals surface area contributed by atoms with Crippen LogP contribution in [0.1, 0.15) is 0 Å². The number of aliphatic carboxylic acids is 2. The molecule has 0 aromatic carbocycles. The van der Waals surface area contributed by atoms with Gasteiger partial charge in [0.25, 0.3) is 0 Å². The van der Waals surface area contributed by atoms with Crippen molar-refractivity contribution in [3.05, 3.63) is 12.2 Å². The molecule has 1 saturated heterocycles. The summed E-state index contributed by atoms with van der Waals surface area (Å²) >= 11 is 0. The molecule has 2 N–H and O–H groups in total. The third-order valence-electron chi connectivity index (χ3n) is 0.892. The van der Waals surface area contributed by atoms with E-state index >= 15 is 0 Å². The molecular weight excluding hydrogens is 196 g/mol. The summed E-state index contributed by atoms with van der Waals surface area (Å²) in [5, 5.41) is 15.6. The molecule has 0 saturated carbocycles. The second-order valence-corrected chi connectivity index (χ2v) is 1.96. The molecule has 14 heavy (non-hydrogen) atoms. The van der Waals surface area contributed by atoms with E-state index in [1.54, 1.807) is 0 Å². The van der Waals surface area contributed by atoms with Crippen LogP contribution < -0.4 is 0 Å². The molecule has 0 spiro atoms. The molecule has 0 bridgehead atoms. The zero-order chi connectivity index (χ0) is 11.0. The average molecular weight is 204 g/mol. The molecule has 0 atom stereocenters. The number of rotatable bonds is 2. The van der Waals surface area contributed by atoms with E-state index in [1.807, 2.05) is 0 Å². The van der Waals surface area contributed by atoms with Crippen molar-refractivity contribution in [2.24, 2.45) is 0 Å². The van der Waals surface area contributed by atoms with Crippen LogP contribution in [0.5, 0.6) is 0 Å². The molecule has 1 heterocycles. The van der Waals surface area contributed by atoms with Crippen molar-refractivity contribution in [1.29, 1.82) is 0 Å². The van der Waals surface area contributed by atoms with Gasteiger partial charge < -0.3 is 19.7 Å². The predicted molar refractivity (Wildman–Crippen MR) is 41.7 cm³/mol. The van der Waals surface area contributed by atoms with Crippen LogP contribution in [0.15, 0.2) is 12.2 Å². The summed E-state index contributed by atoms with van der Waals surface area (Å²) in [6.07, 6.45) is 0.569. The summed E-state index contributed by atoms with van der Waals surface area (Å²) in [5.41, 5.74) is 0. The van der Waals surface area contributed by atoms with Crippen molar-refractivity contribution in [2.75, 3.05) is 13.2 Å². The number of hydrogen-bond acceptors (Lipinski definition) is 5. The van der Waals surface area contributed by atoms with E-state index in [-0.39, 0.29) is 0 Å². The van der Waals surface area contributed by atoms with Gasteiger partial charge in [0, 0.05) is 12.2 Å². The van der Waals surface area contributed by atoms with Crippen molar-refractivity contribution < 1.29 is 34.1 Å². The van der Waals surface area contributed by atoms with Gasteiger partial charge in [0.05, 0.1) is 0 Å². The molecule has 0 aromatic rings. The number of hydrogen-bond donors (Lipinski definition) is 2. The molecule has 78 valence electrons. The molecule has 0 amide bonds. The van der Waals surface area contributed by atoms with Crippen molar-refractivity contribution in [1.82, 2.24) is 0 Å². The largest absolute Gasteiger partial charge is 0.508 e. The van der Waals surface area contributed by atoms with Gasteiger partial charge in [-0.1, -0.05) is 0 Å². The maximum Gasteiger partial charge on any atom is 0.508 e. The number of carbonyl (C=O) groups is 3. The lowest BCUT2D eigenvalue weighted by molar-refractivity contribution is -0.134. The monoisotopic (exact) mass is 204 g/mol. The van der Waals surface area contributed by atoms with Crippen LogP contribution in [-0.2, 0) is 19.1 Å². The average Bonchev–Trinajstić information content (AvgIpc) is 2.53. The molecule has 1 fully saturated rings. The molecule has 0 radical (unpaired) electrons. The van der Waals surface area contributed by atoms with Crippen LogP contribution in [0, 0.1) is 0 Å². The van der Waals surface area contributed by atoms with Crippen LogP contribution in [0.2, 0.25) is 0 Å².